The summed E-state index contributed by atoms with van der Waals surface area (Å²) in [4.78, 5) is 0. The maximum atomic E-state index is 8.74. The van der Waals surface area contributed by atoms with Crippen LogP contribution in [0.5, 0.6) is 5.75 Å². The van der Waals surface area contributed by atoms with Crippen LogP contribution < -0.4 is 15.9 Å². The molecule has 27 heavy (non-hydrogen) atoms. The van der Waals surface area contributed by atoms with E-state index in [1.165, 1.54) is 0 Å². The summed E-state index contributed by atoms with van der Waals surface area (Å²) >= 11 is 6.17. The molecule has 17 heteroatoms. The van der Waals surface area contributed by atoms with Crippen molar-refractivity contribution in [2.75, 3.05) is 19.8 Å². The third kappa shape index (κ3) is 9.63. The van der Waals surface area contributed by atoms with Crippen LogP contribution in [0.4, 0.5) is 0 Å². The second kappa shape index (κ2) is 10.5. The van der Waals surface area contributed by atoms with E-state index < -0.39 is 20.8 Å². The molecule has 1 atom stereocenters. The molecule has 2 aliphatic rings. The van der Waals surface area contributed by atoms with Crippen molar-refractivity contribution in [2.45, 2.75) is 6.10 Å². The molecule has 0 aromatic heterocycles. The topological polar surface area (TPSA) is 234 Å². The average molecular weight is 454 g/mol. The van der Waals surface area contributed by atoms with Gasteiger partial charge in [0.2, 0.25) is 0 Å². The fraction of sp³-hybridized carbons (Fsp3) is 0.400. The lowest BCUT2D eigenvalue weighted by Crippen LogP contribution is -2.31. The summed E-state index contributed by atoms with van der Waals surface area (Å²) in [6, 6.07) is 3.67. The van der Waals surface area contributed by atoms with Gasteiger partial charge in [0.25, 0.3) is 0 Å². The Balaban J connectivity index is 0.000000520. The van der Waals surface area contributed by atoms with Gasteiger partial charge in [-0.05, 0) is 12.1 Å². The summed E-state index contributed by atoms with van der Waals surface area (Å²) in [6.07, 6.45) is -0.200. The van der Waals surface area contributed by atoms with Gasteiger partial charge in [0.1, 0.15) is 12.4 Å². The molecule has 2 heterocycles. The zero-order chi connectivity index (χ0) is 20.1. The van der Waals surface area contributed by atoms with Crippen molar-refractivity contribution in [3.05, 3.63) is 22.7 Å². The van der Waals surface area contributed by atoms with Gasteiger partial charge >= 0.3 is 27.9 Å². The van der Waals surface area contributed by atoms with E-state index in [-0.39, 0.29) is 18.7 Å². The van der Waals surface area contributed by atoms with Gasteiger partial charge in [-0.15, -0.1) is 0 Å². The predicted molar refractivity (Wildman–Crippen MR) is 93.1 cm³/mol. The van der Waals surface area contributed by atoms with Gasteiger partial charge in [0.15, 0.2) is 0 Å². The fourth-order valence-electron chi connectivity index (χ4n) is 2.17. The van der Waals surface area contributed by atoms with Crippen molar-refractivity contribution in [3.8, 4) is 5.75 Å². The van der Waals surface area contributed by atoms with Crippen LogP contribution in [0.25, 0.3) is 0 Å². The molecule has 156 valence electrons. The smallest absolute Gasteiger partial charge is 0.492 e. The van der Waals surface area contributed by atoms with E-state index in [9.17, 15) is 0 Å². The third-order valence-electron chi connectivity index (χ3n) is 2.86. The number of ether oxygens (including phenoxy) is 1. The Labute approximate surface area is 160 Å². The molecule has 0 spiro atoms. The van der Waals surface area contributed by atoms with Crippen molar-refractivity contribution < 1.29 is 54.6 Å². The van der Waals surface area contributed by atoms with E-state index in [1.54, 1.807) is 0 Å². The van der Waals surface area contributed by atoms with Crippen LogP contribution in [0.1, 0.15) is 11.7 Å². The Morgan fingerprint density at radius 2 is 1.63 bits per heavy atom. The zero-order valence-corrected chi connectivity index (χ0v) is 15.7. The fourth-order valence-corrected chi connectivity index (χ4v) is 2.46. The van der Waals surface area contributed by atoms with Gasteiger partial charge < -0.3 is 25.3 Å². The Bertz CT molecular complexity index is 787. The number of benzene rings is 1. The lowest BCUT2D eigenvalue weighted by Gasteiger charge is -2.13. The first-order valence-corrected chi connectivity index (χ1v) is 9.80. The molecular weight excluding hydrogens is 437 g/mol. The quantitative estimate of drug-likeness (QED) is 0.237. The second-order valence-electron chi connectivity index (χ2n) is 4.68. The summed E-state index contributed by atoms with van der Waals surface area (Å²) in [5.41, 5.74) is 7.48. The largest absolute Gasteiger partial charge is 0.498 e. The van der Waals surface area contributed by atoms with Crippen molar-refractivity contribution in [1.82, 2.24) is 0 Å². The zero-order valence-electron chi connectivity index (χ0n) is 13.3. The first kappa shape index (κ1) is 26.0. The maximum absolute atomic E-state index is 8.74. The van der Waals surface area contributed by atoms with Crippen LogP contribution in [-0.2, 0) is 30.1 Å². The molecular formula is C10H17BClNO12S2. The van der Waals surface area contributed by atoms with Crippen LogP contribution >= 0.6 is 11.6 Å². The number of hydrogen-bond donors (Lipinski definition) is 5. The Morgan fingerprint density at radius 1 is 1.11 bits per heavy atom. The highest BCUT2D eigenvalue weighted by molar-refractivity contribution is 7.80. The number of halogens is 1. The Hall–Kier alpha value is -1.05. The monoisotopic (exact) mass is 453 g/mol. The minimum absolute atomic E-state index is 0. The van der Waals surface area contributed by atoms with Crippen LogP contribution in [0.15, 0.2) is 12.1 Å². The van der Waals surface area contributed by atoms with E-state index in [1.807, 2.05) is 12.1 Å². The average Bonchev–Trinajstić information content (AvgIpc) is 2.70. The molecule has 0 radical (unpaired) electrons. The molecule has 3 rings (SSSR count). The van der Waals surface area contributed by atoms with E-state index >= 15 is 0 Å². The van der Waals surface area contributed by atoms with Crippen LogP contribution in [0.3, 0.4) is 0 Å². The summed E-state index contributed by atoms with van der Waals surface area (Å²) in [6.45, 7) is 1.42. The number of hydrogen-bond acceptors (Lipinski definition) is 8. The van der Waals surface area contributed by atoms with Gasteiger partial charge in [-0.1, -0.05) is 11.6 Å². The third-order valence-corrected chi connectivity index (χ3v) is 3.19. The number of rotatable bonds is 1. The summed E-state index contributed by atoms with van der Waals surface area (Å²) < 4.78 is 80.0. The molecule has 8 N–H and O–H groups in total. The highest BCUT2D eigenvalue weighted by Crippen LogP contribution is 2.34. The summed E-state index contributed by atoms with van der Waals surface area (Å²) in [7, 11) is -9.72. The van der Waals surface area contributed by atoms with Crippen molar-refractivity contribution in [3.63, 3.8) is 0 Å². The molecule has 13 nitrogen and oxygen atoms in total. The van der Waals surface area contributed by atoms with Crippen molar-refractivity contribution in [2.24, 2.45) is 5.73 Å². The first-order valence-electron chi connectivity index (χ1n) is 6.63. The molecule has 0 saturated carbocycles. The van der Waals surface area contributed by atoms with E-state index in [0.29, 0.717) is 24.8 Å². The number of nitrogens with two attached hydrogens (primary N) is 1. The molecule has 0 aliphatic carbocycles. The molecule has 1 aromatic carbocycles. The second-order valence-corrected chi connectivity index (χ2v) is 6.88. The molecule has 0 amide bonds. The maximum Gasteiger partial charge on any atom is 0.498 e. The Morgan fingerprint density at radius 3 is 2.11 bits per heavy atom. The van der Waals surface area contributed by atoms with E-state index in [0.717, 1.165) is 16.8 Å². The van der Waals surface area contributed by atoms with E-state index in [4.69, 9.17) is 66.4 Å². The van der Waals surface area contributed by atoms with Crippen molar-refractivity contribution >= 4 is 45.0 Å². The van der Waals surface area contributed by atoms with Crippen LogP contribution in [0, 0.1) is 0 Å². The van der Waals surface area contributed by atoms with Crippen LogP contribution in [0.2, 0.25) is 5.02 Å². The van der Waals surface area contributed by atoms with Gasteiger partial charge in [-0.25, -0.2) is 0 Å². The normalized spacial score (nSPS) is 17.7. The van der Waals surface area contributed by atoms with Gasteiger partial charge in [-0.3, -0.25) is 18.2 Å². The predicted octanol–water partition coefficient (Wildman–Crippen LogP) is -1.66. The van der Waals surface area contributed by atoms with E-state index in [2.05, 4.69) is 0 Å². The summed E-state index contributed by atoms with van der Waals surface area (Å²) in [5, 5.41) is 0.658. The molecule has 0 saturated heterocycles. The minimum Gasteiger partial charge on any atom is -0.492 e. The highest BCUT2D eigenvalue weighted by Gasteiger charge is 2.42. The van der Waals surface area contributed by atoms with Crippen LogP contribution in [-0.4, -0.2) is 67.4 Å². The molecule has 0 bridgehead atoms. The first-order chi connectivity index (χ1) is 11.8. The molecule has 0 fully saturated rings. The SMILES string of the molecule is NC[C@H]1OB2OCCOc3ccc(Cl)c1c32.O.O=S(=O)(O)O.O=S(=O)(O)O. The summed E-state index contributed by atoms with van der Waals surface area (Å²) in [5.74, 6) is 0.790. The molecule has 2 aliphatic heterocycles. The minimum atomic E-state index is -4.67. The van der Waals surface area contributed by atoms with Gasteiger partial charge in [0.05, 0.1) is 12.7 Å². The lowest BCUT2D eigenvalue weighted by atomic mass is 9.78. The van der Waals surface area contributed by atoms with Crippen molar-refractivity contribution in [1.29, 1.82) is 0 Å². The standard InChI is InChI=1S/C10H11BClNO3.2H2O4S.H2O/c12-6-1-2-7-10-9(6)8(5-13)16-11(10)15-4-3-14-7;2*1-5(2,3)4;/h1-2,8H,3-5,13H2;2*(H2,1,2,3,4);1H2/t8-;;;/m1.../s1. The highest BCUT2D eigenvalue weighted by atomic mass is 35.5. The molecule has 1 aromatic rings. The van der Waals surface area contributed by atoms with Gasteiger partial charge in [-0.2, -0.15) is 16.8 Å². The Kier molecular flexibility index (Phi) is 10.1. The lowest BCUT2D eigenvalue weighted by molar-refractivity contribution is 0.148. The molecule has 0 unspecified atom stereocenters. The van der Waals surface area contributed by atoms with Gasteiger partial charge in [0, 0.05) is 22.6 Å².